The van der Waals surface area contributed by atoms with Crippen molar-refractivity contribution >= 4 is 5.82 Å². The second-order valence-corrected chi connectivity index (χ2v) is 4.25. The van der Waals surface area contributed by atoms with Crippen molar-refractivity contribution in [3.63, 3.8) is 0 Å². The first-order chi connectivity index (χ1) is 7.24. The highest BCUT2D eigenvalue weighted by Crippen LogP contribution is 2.24. The quantitative estimate of drug-likeness (QED) is 0.792. The zero-order valence-electron chi connectivity index (χ0n) is 9.05. The Morgan fingerprint density at radius 2 is 2.27 bits per heavy atom. The number of aromatic nitrogens is 2. The van der Waals surface area contributed by atoms with Crippen LogP contribution < -0.4 is 10.9 Å². The van der Waals surface area contributed by atoms with Gasteiger partial charge in [0.15, 0.2) is 0 Å². The maximum absolute atomic E-state index is 11.2. The molecule has 82 valence electrons. The molecule has 0 atom stereocenters. The Balaban J connectivity index is 1.95. The third-order valence-corrected chi connectivity index (χ3v) is 2.91. The average molecular weight is 207 g/mol. The van der Waals surface area contributed by atoms with Gasteiger partial charge in [0.2, 0.25) is 0 Å². The minimum atomic E-state index is -0.0866. The summed E-state index contributed by atoms with van der Waals surface area (Å²) in [4.78, 5) is 18.0. The fourth-order valence-electron chi connectivity index (χ4n) is 2.13. The first kappa shape index (κ1) is 10.2. The highest BCUT2D eigenvalue weighted by molar-refractivity contribution is 5.32. The predicted octanol–water partition coefficient (Wildman–Crippen LogP) is 1.68. The molecule has 1 heterocycles. The first-order valence-electron chi connectivity index (χ1n) is 5.56. The van der Waals surface area contributed by atoms with E-state index < -0.39 is 0 Å². The van der Waals surface area contributed by atoms with Crippen molar-refractivity contribution in [2.45, 2.75) is 32.6 Å². The van der Waals surface area contributed by atoms with E-state index in [9.17, 15) is 4.79 Å². The molecule has 1 aliphatic rings. The summed E-state index contributed by atoms with van der Waals surface area (Å²) in [6, 6.07) is 1.52. The Hall–Kier alpha value is -1.32. The molecule has 0 amide bonds. The van der Waals surface area contributed by atoms with Gasteiger partial charge in [-0.2, -0.15) is 0 Å². The summed E-state index contributed by atoms with van der Waals surface area (Å²) in [5.74, 6) is 2.12. The molecule has 15 heavy (non-hydrogen) atoms. The molecule has 0 saturated heterocycles. The van der Waals surface area contributed by atoms with Crippen LogP contribution >= 0.6 is 0 Å². The van der Waals surface area contributed by atoms with Crippen LogP contribution in [0.4, 0.5) is 5.82 Å². The molecule has 1 aromatic rings. The Morgan fingerprint density at radius 3 is 2.93 bits per heavy atom. The molecule has 0 bridgehead atoms. The van der Waals surface area contributed by atoms with Crippen molar-refractivity contribution in [2.24, 2.45) is 5.92 Å². The molecule has 1 aliphatic carbocycles. The molecule has 1 saturated carbocycles. The molecular weight excluding hydrogens is 190 g/mol. The van der Waals surface area contributed by atoms with Crippen molar-refractivity contribution in [1.29, 1.82) is 0 Å². The Bertz CT molecular complexity index is 380. The van der Waals surface area contributed by atoms with Crippen molar-refractivity contribution < 1.29 is 0 Å². The van der Waals surface area contributed by atoms with Crippen molar-refractivity contribution in [3.05, 3.63) is 22.2 Å². The van der Waals surface area contributed by atoms with E-state index in [4.69, 9.17) is 0 Å². The second kappa shape index (κ2) is 4.47. The van der Waals surface area contributed by atoms with Crippen molar-refractivity contribution in [3.8, 4) is 0 Å². The topological polar surface area (TPSA) is 57.8 Å². The number of nitrogens with one attached hydrogen (secondary N) is 2. The van der Waals surface area contributed by atoms with Crippen LogP contribution in [-0.4, -0.2) is 16.5 Å². The number of anilines is 1. The standard InChI is InChI=1S/C11H17N3O/c1-8-13-10(6-11(15)14-8)12-7-9-4-2-3-5-9/h6,9H,2-5,7H2,1H3,(H2,12,13,14,15). The molecule has 0 radical (unpaired) electrons. The summed E-state index contributed by atoms with van der Waals surface area (Å²) in [7, 11) is 0. The van der Waals surface area contributed by atoms with E-state index in [0.717, 1.165) is 12.5 Å². The van der Waals surface area contributed by atoms with Crippen LogP contribution in [-0.2, 0) is 0 Å². The number of aryl methyl sites for hydroxylation is 1. The van der Waals surface area contributed by atoms with Gasteiger partial charge in [-0.3, -0.25) is 4.79 Å². The van der Waals surface area contributed by atoms with Gasteiger partial charge in [0.25, 0.3) is 5.56 Å². The molecule has 2 N–H and O–H groups in total. The van der Waals surface area contributed by atoms with E-state index >= 15 is 0 Å². The van der Waals surface area contributed by atoms with Gasteiger partial charge in [0.05, 0.1) is 0 Å². The Kier molecular flexibility index (Phi) is 3.04. The summed E-state index contributed by atoms with van der Waals surface area (Å²) in [5, 5.41) is 3.24. The predicted molar refractivity (Wildman–Crippen MR) is 60.0 cm³/mol. The van der Waals surface area contributed by atoms with Crippen LogP contribution in [0.15, 0.2) is 10.9 Å². The van der Waals surface area contributed by atoms with E-state index in [1.807, 2.05) is 0 Å². The van der Waals surface area contributed by atoms with E-state index in [0.29, 0.717) is 11.6 Å². The van der Waals surface area contributed by atoms with Gasteiger partial charge in [-0.25, -0.2) is 4.98 Å². The largest absolute Gasteiger partial charge is 0.370 e. The maximum atomic E-state index is 11.2. The smallest absolute Gasteiger partial charge is 0.252 e. The molecular formula is C11H17N3O. The molecule has 1 aromatic heterocycles. The molecule has 0 spiro atoms. The third kappa shape index (κ3) is 2.81. The minimum Gasteiger partial charge on any atom is -0.370 e. The van der Waals surface area contributed by atoms with E-state index in [1.165, 1.54) is 31.7 Å². The molecule has 4 heteroatoms. The number of nitrogens with zero attached hydrogens (tertiary/aromatic N) is 1. The van der Waals surface area contributed by atoms with Gasteiger partial charge >= 0.3 is 0 Å². The first-order valence-corrected chi connectivity index (χ1v) is 5.56. The summed E-state index contributed by atoms with van der Waals surface area (Å²) < 4.78 is 0. The number of rotatable bonds is 3. The number of H-pyrrole nitrogens is 1. The number of hydrogen-bond donors (Lipinski definition) is 2. The molecule has 2 rings (SSSR count). The van der Waals surface area contributed by atoms with Gasteiger partial charge in [-0.1, -0.05) is 12.8 Å². The molecule has 0 aliphatic heterocycles. The average Bonchev–Trinajstić information content (AvgIpc) is 2.65. The third-order valence-electron chi connectivity index (χ3n) is 2.91. The van der Waals surface area contributed by atoms with Crippen LogP contribution in [0.3, 0.4) is 0 Å². The van der Waals surface area contributed by atoms with E-state index in [1.54, 1.807) is 6.92 Å². The maximum Gasteiger partial charge on any atom is 0.252 e. The van der Waals surface area contributed by atoms with E-state index in [-0.39, 0.29) is 5.56 Å². The van der Waals surface area contributed by atoms with Crippen LogP contribution in [0.25, 0.3) is 0 Å². The Labute approximate surface area is 89.1 Å². The lowest BCUT2D eigenvalue weighted by Crippen LogP contribution is -2.16. The number of aromatic amines is 1. The van der Waals surface area contributed by atoms with Crippen LogP contribution in [0.1, 0.15) is 31.5 Å². The molecule has 4 nitrogen and oxygen atoms in total. The lowest BCUT2D eigenvalue weighted by molar-refractivity contribution is 0.578. The minimum absolute atomic E-state index is 0.0866. The summed E-state index contributed by atoms with van der Waals surface area (Å²) >= 11 is 0. The fourth-order valence-corrected chi connectivity index (χ4v) is 2.13. The molecule has 0 aromatic carbocycles. The summed E-state index contributed by atoms with van der Waals surface area (Å²) in [6.45, 7) is 2.73. The van der Waals surface area contributed by atoms with Crippen LogP contribution in [0, 0.1) is 12.8 Å². The SMILES string of the molecule is Cc1nc(NCC2CCCC2)cc(=O)[nH]1. The molecule has 1 fully saturated rings. The van der Waals surface area contributed by atoms with Crippen LogP contribution in [0.5, 0.6) is 0 Å². The van der Waals surface area contributed by atoms with Gasteiger partial charge in [-0.05, 0) is 25.7 Å². The summed E-state index contributed by atoms with van der Waals surface area (Å²) in [6.07, 6.45) is 5.28. The monoisotopic (exact) mass is 207 g/mol. The zero-order chi connectivity index (χ0) is 10.7. The van der Waals surface area contributed by atoms with Gasteiger partial charge in [0.1, 0.15) is 11.6 Å². The number of hydrogen-bond acceptors (Lipinski definition) is 3. The van der Waals surface area contributed by atoms with Crippen LogP contribution in [0.2, 0.25) is 0 Å². The highest BCUT2D eigenvalue weighted by Gasteiger charge is 2.14. The Morgan fingerprint density at radius 1 is 1.53 bits per heavy atom. The van der Waals surface area contributed by atoms with Gasteiger partial charge < -0.3 is 10.3 Å². The van der Waals surface area contributed by atoms with Gasteiger partial charge in [0, 0.05) is 12.6 Å². The van der Waals surface area contributed by atoms with Gasteiger partial charge in [-0.15, -0.1) is 0 Å². The fraction of sp³-hybridized carbons (Fsp3) is 0.636. The second-order valence-electron chi connectivity index (χ2n) is 4.25. The summed E-state index contributed by atoms with van der Waals surface area (Å²) in [5.41, 5.74) is -0.0866. The highest BCUT2D eigenvalue weighted by atomic mass is 16.1. The molecule has 0 unspecified atom stereocenters. The zero-order valence-corrected chi connectivity index (χ0v) is 9.05. The normalized spacial score (nSPS) is 16.9. The van der Waals surface area contributed by atoms with E-state index in [2.05, 4.69) is 15.3 Å². The lowest BCUT2D eigenvalue weighted by atomic mass is 10.1. The lowest BCUT2D eigenvalue weighted by Gasteiger charge is -2.10. The van der Waals surface area contributed by atoms with Crippen molar-refractivity contribution in [2.75, 3.05) is 11.9 Å². The van der Waals surface area contributed by atoms with Crippen molar-refractivity contribution in [1.82, 2.24) is 9.97 Å².